The predicted octanol–water partition coefficient (Wildman–Crippen LogP) is 6.27. The van der Waals surface area contributed by atoms with Gasteiger partial charge < -0.3 is 24.8 Å². The summed E-state index contributed by atoms with van der Waals surface area (Å²) in [6.45, 7) is 9.64. The maximum atomic E-state index is 13.1. The quantitative estimate of drug-likeness (QED) is 0.218. The normalized spacial score (nSPS) is 14.4. The Bertz CT molecular complexity index is 1600. The van der Waals surface area contributed by atoms with Crippen molar-refractivity contribution in [2.45, 2.75) is 45.1 Å². The number of carbonyl (C=O) groups is 2. The third-order valence-electron chi connectivity index (χ3n) is 8.02. The Balaban J connectivity index is 1.27. The van der Waals surface area contributed by atoms with Crippen molar-refractivity contribution in [1.29, 1.82) is 0 Å². The van der Waals surface area contributed by atoms with Crippen LogP contribution in [0.4, 0.5) is 10.6 Å². The molecule has 0 aliphatic carbocycles. The predicted molar refractivity (Wildman–Crippen MR) is 171 cm³/mol. The summed E-state index contributed by atoms with van der Waals surface area (Å²) in [7, 11) is 3.17. The number of pyridine rings is 1. The molecule has 0 atom stereocenters. The fourth-order valence-corrected chi connectivity index (χ4v) is 5.52. The molecule has 232 valence electrons. The first kappa shape index (κ1) is 31.0. The molecule has 44 heavy (non-hydrogen) atoms. The number of anilines is 1. The molecule has 5 rings (SSSR count). The maximum Gasteiger partial charge on any atom is 0.325 e. The Hall–Kier alpha value is -4.41. The average Bonchev–Trinajstić information content (AvgIpc) is 3.43. The zero-order valence-electron chi connectivity index (χ0n) is 26.1. The monoisotopic (exact) mass is 599 g/mol. The molecular weight excluding hydrogens is 558 g/mol. The Morgan fingerprint density at radius 3 is 2.41 bits per heavy atom. The van der Waals surface area contributed by atoms with Gasteiger partial charge in [0.1, 0.15) is 18.2 Å². The van der Waals surface area contributed by atoms with Crippen LogP contribution in [0.1, 0.15) is 55.5 Å². The molecule has 2 aromatic heterocycles. The Kier molecular flexibility index (Phi) is 9.51. The van der Waals surface area contributed by atoms with E-state index in [9.17, 15) is 9.59 Å². The minimum atomic E-state index is -0.262. The first-order valence-corrected chi connectivity index (χ1v) is 15.0. The van der Waals surface area contributed by atoms with Crippen molar-refractivity contribution in [3.63, 3.8) is 0 Å². The van der Waals surface area contributed by atoms with Gasteiger partial charge in [0.2, 0.25) is 0 Å². The summed E-state index contributed by atoms with van der Waals surface area (Å²) in [5.74, 6) is 1.99. The molecule has 4 aromatic rings. The highest BCUT2D eigenvalue weighted by Gasteiger charge is 2.27. The number of fused-ring (bicyclic) bond motifs is 1. The third kappa shape index (κ3) is 7.20. The number of ether oxygens (including phenoxy) is 3. The number of rotatable bonds is 9. The smallest absolute Gasteiger partial charge is 0.325 e. The van der Waals surface area contributed by atoms with Crippen LogP contribution >= 0.6 is 0 Å². The maximum absolute atomic E-state index is 13.1. The molecular formula is C34H41N5O5. The summed E-state index contributed by atoms with van der Waals surface area (Å²) < 4.78 is 18.8. The van der Waals surface area contributed by atoms with Crippen LogP contribution < -0.4 is 20.1 Å². The van der Waals surface area contributed by atoms with Crippen LogP contribution in [-0.4, -0.2) is 72.4 Å². The van der Waals surface area contributed by atoms with Crippen LogP contribution in [0.25, 0.3) is 10.9 Å². The van der Waals surface area contributed by atoms with Crippen molar-refractivity contribution in [3.05, 3.63) is 78.1 Å². The number of nitrogens with zero attached hydrogens (tertiary/aromatic N) is 3. The highest BCUT2D eigenvalue weighted by atomic mass is 16.5. The lowest BCUT2D eigenvalue weighted by molar-refractivity contribution is 0.101. The third-order valence-corrected chi connectivity index (χ3v) is 8.02. The van der Waals surface area contributed by atoms with Gasteiger partial charge in [0.05, 0.1) is 12.1 Å². The summed E-state index contributed by atoms with van der Waals surface area (Å²) in [6.07, 6.45) is 5.50. The van der Waals surface area contributed by atoms with Crippen molar-refractivity contribution in [2.75, 3.05) is 45.8 Å². The SMILES string of the molecule is CNC(=O)n1ccc2cc(Oc3ccnc(NC(=O)c4ccc(C5CCN(C(C)(C)C)CC5)cc4)c3)c(OCCOC)cc21. The van der Waals surface area contributed by atoms with Gasteiger partial charge in [-0.25, -0.2) is 9.78 Å². The van der Waals surface area contributed by atoms with Gasteiger partial charge in [0, 0.05) is 55.2 Å². The molecule has 1 saturated heterocycles. The number of likely N-dealkylation sites (tertiary alicyclic amines) is 1. The summed E-state index contributed by atoms with van der Waals surface area (Å²) in [5, 5.41) is 6.31. The van der Waals surface area contributed by atoms with Crippen LogP contribution in [0.2, 0.25) is 0 Å². The van der Waals surface area contributed by atoms with Gasteiger partial charge >= 0.3 is 6.03 Å². The van der Waals surface area contributed by atoms with Crippen LogP contribution in [0.3, 0.4) is 0 Å². The van der Waals surface area contributed by atoms with E-state index in [1.165, 1.54) is 10.1 Å². The molecule has 0 bridgehead atoms. The number of aromatic nitrogens is 2. The van der Waals surface area contributed by atoms with E-state index >= 15 is 0 Å². The number of methoxy groups -OCH3 is 1. The van der Waals surface area contributed by atoms with Gasteiger partial charge in [0.15, 0.2) is 11.5 Å². The van der Waals surface area contributed by atoms with E-state index in [2.05, 4.69) is 53.4 Å². The molecule has 2 amide bonds. The van der Waals surface area contributed by atoms with Gasteiger partial charge in [-0.1, -0.05) is 12.1 Å². The number of carbonyl (C=O) groups excluding carboxylic acids is 2. The van der Waals surface area contributed by atoms with E-state index in [1.54, 1.807) is 44.8 Å². The molecule has 1 fully saturated rings. The van der Waals surface area contributed by atoms with Crippen molar-refractivity contribution in [1.82, 2.24) is 19.8 Å². The first-order valence-electron chi connectivity index (χ1n) is 15.0. The number of amides is 2. The van der Waals surface area contributed by atoms with Crippen molar-refractivity contribution in [3.8, 4) is 17.2 Å². The molecule has 2 N–H and O–H groups in total. The molecule has 2 aromatic carbocycles. The van der Waals surface area contributed by atoms with E-state index in [1.807, 2.05) is 24.3 Å². The molecule has 10 nitrogen and oxygen atoms in total. The van der Waals surface area contributed by atoms with E-state index in [4.69, 9.17) is 14.2 Å². The van der Waals surface area contributed by atoms with Gasteiger partial charge in [-0.15, -0.1) is 0 Å². The highest BCUT2D eigenvalue weighted by molar-refractivity contribution is 6.03. The summed E-state index contributed by atoms with van der Waals surface area (Å²) in [4.78, 5) is 32.3. The van der Waals surface area contributed by atoms with Crippen molar-refractivity contribution >= 4 is 28.7 Å². The first-order chi connectivity index (χ1) is 21.2. The number of piperidine rings is 1. The molecule has 3 heterocycles. The van der Waals surface area contributed by atoms with E-state index in [0.29, 0.717) is 53.3 Å². The van der Waals surface area contributed by atoms with Crippen LogP contribution in [0.15, 0.2) is 67.0 Å². The second-order valence-electron chi connectivity index (χ2n) is 11.9. The minimum Gasteiger partial charge on any atom is -0.487 e. The molecule has 0 saturated carbocycles. The lowest BCUT2D eigenvalue weighted by atomic mass is 9.87. The van der Waals surface area contributed by atoms with Crippen LogP contribution in [0.5, 0.6) is 17.2 Å². The van der Waals surface area contributed by atoms with Gasteiger partial charge in [-0.3, -0.25) is 14.3 Å². The van der Waals surface area contributed by atoms with Gasteiger partial charge in [-0.05, 0) is 88.5 Å². The van der Waals surface area contributed by atoms with E-state index < -0.39 is 0 Å². The number of nitrogens with one attached hydrogen (secondary N) is 2. The molecule has 0 unspecified atom stereocenters. The van der Waals surface area contributed by atoms with Crippen LogP contribution in [-0.2, 0) is 4.74 Å². The number of hydrogen-bond acceptors (Lipinski definition) is 7. The molecule has 10 heteroatoms. The number of benzene rings is 2. The minimum absolute atomic E-state index is 0.192. The summed E-state index contributed by atoms with van der Waals surface area (Å²) in [6, 6.07) is 16.4. The zero-order chi connectivity index (χ0) is 31.3. The fraction of sp³-hybridized carbons (Fsp3) is 0.382. The largest absolute Gasteiger partial charge is 0.487 e. The van der Waals surface area contributed by atoms with Gasteiger partial charge in [-0.2, -0.15) is 0 Å². The second kappa shape index (κ2) is 13.5. The zero-order valence-corrected chi connectivity index (χ0v) is 26.1. The Labute approximate surface area is 258 Å². The van der Waals surface area contributed by atoms with E-state index in [-0.39, 0.29) is 17.5 Å². The average molecular weight is 600 g/mol. The topological polar surface area (TPSA) is 107 Å². The Morgan fingerprint density at radius 2 is 1.73 bits per heavy atom. The lowest BCUT2D eigenvalue weighted by Crippen LogP contribution is -2.45. The molecule has 0 radical (unpaired) electrons. The van der Waals surface area contributed by atoms with Crippen LogP contribution in [0, 0.1) is 0 Å². The number of hydrogen-bond donors (Lipinski definition) is 2. The summed E-state index contributed by atoms with van der Waals surface area (Å²) >= 11 is 0. The molecule has 0 spiro atoms. The Morgan fingerprint density at radius 1 is 0.977 bits per heavy atom. The summed E-state index contributed by atoms with van der Waals surface area (Å²) in [5.41, 5.74) is 2.70. The molecule has 1 aliphatic rings. The lowest BCUT2D eigenvalue weighted by Gasteiger charge is -2.41. The van der Waals surface area contributed by atoms with Crippen molar-refractivity contribution in [2.24, 2.45) is 0 Å². The fourth-order valence-electron chi connectivity index (χ4n) is 5.52. The van der Waals surface area contributed by atoms with Crippen molar-refractivity contribution < 1.29 is 23.8 Å². The standard InChI is InChI=1S/C34H41N5O5/c1-34(2,3)38-15-11-24(12-16-38)23-6-8-25(9-7-23)32(40)37-31-21-27(10-14-36-31)44-30-20-26-13-17-39(33(41)35-4)28(26)22-29(30)43-19-18-42-5/h6-10,13-14,17,20-22,24H,11-12,15-16,18-19H2,1-5H3,(H,35,41)(H,36,37,40). The molecule has 1 aliphatic heterocycles. The highest BCUT2D eigenvalue weighted by Crippen LogP contribution is 2.37. The van der Waals surface area contributed by atoms with E-state index in [0.717, 1.165) is 31.3 Å². The van der Waals surface area contributed by atoms with Gasteiger partial charge in [0.25, 0.3) is 5.91 Å². The second-order valence-corrected chi connectivity index (χ2v) is 11.9.